The molecule has 1 atom stereocenters. The minimum Gasteiger partial charge on any atom is -0.459 e. The number of hydrogen-bond acceptors (Lipinski definition) is 7. The van der Waals surface area contributed by atoms with Crippen LogP contribution in [0.25, 0.3) is 0 Å². The third-order valence-corrected chi connectivity index (χ3v) is 6.14. The highest BCUT2D eigenvalue weighted by atomic mass is 35.5. The maximum atomic E-state index is 12.6. The van der Waals surface area contributed by atoms with Gasteiger partial charge in [-0.3, -0.25) is 9.59 Å². The average molecular weight is 542 g/mol. The lowest BCUT2D eigenvalue weighted by Gasteiger charge is -2.15. The largest absolute Gasteiger partial charge is 0.459 e. The SMILES string of the molecule is C=CCn1c(SCC(=O)Nc2cccc(C(=O)OC(C)C)c2)nnc1C(C)NC(=O)c1cccc(Cl)c1. The van der Waals surface area contributed by atoms with Gasteiger partial charge in [-0.15, -0.1) is 16.8 Å². The number of carbonyl (C=O) groups is 3. The van der Waals surface area contributed by atoms with Gasteiger partial charge >= 0.3 is 5.97 Å². The van der Waals surface area contributed by atoms with Crippen molar-refractivity contribution in [3.8, 4) is 0 Å². The second-order valence-corrected chi connectivity index (χ2v) is 9.70. The van der Waals surface area contributed by atoms with Crippen molar-refractivity contribution >= 4 is 46.8 Å². The molecule has 1 unspecified atom stereocenters. The number of ether oxygens (including phenoxy) is 1. The molecule has 0 aliphatic carbocycles. The standard InChI is InChI=1S/C26H28ClN5O4S/c1-5-12-32-23(17(4)28-24(34)18-8-6-10-20(27)13-18)30-31-26(32)37-15-22(33)29-21-11-7-9-19(14-21)25(35)36-16(2)3/h5-11,13-14,16-17H,1,12,15H2,2-4H3,(H,28,34)(H,29,33). The van der Waals surface area contributed by atoms with Crippen molar-refractivity contribution in [1.29, 1.82) is 0 Å². The normalized spacial score (nSPS) is 11.6. The van der Waals surface area contributed by atoms with Crippen molar-refractivity contribution in [3.63, 3.8) is 0 Å². The number of hydrogen-bond donors (Lipinski definition) is 2. The van der Waals surface area contributed by atoms with Gasteiger partial charge in [0.1, 0.15) is 0 Å². The van der Waals surface area contributed by atoms with Crippen LogP contribution in [-0.4, -0.2) is 44.4 Å². The number of anilines is 1. The predicted molar refractivity (Wildman–Crippen MR) is 144 cm³/mol. The average Bonchev–Trinajstić information content (AvgIpc) is 3.25. The highest BCUT2D eigenvalue weighted by molar-refractivity contribution is 7.99. The second kappa shape index (κ2) is 13.1. The fraction of sp³-hybridized carbons (Fsp3) is 0.269. The lowest BCUT2D eigenvalue weighted by Crippen LogP contribution is -2.28. The molecule has 37 heavy (non-hydrogen) atoms. The van der Waals surface area contributed by atoms with Crippen LogP contribution >= 0.6 is 23.4 Å². The Kier molecular flexibility index (Phi) is 9.87. The molecule has 0 spiro atoms. The van der Waals surface area contributed by atoms with Crippen LogP contribution in [0.3, 0.4) is 0 Å². The van der Waals surface area contributed by atoms with E-state index in [0.29, 0.717) is 39.4 Å². The first-order valence-electron chi connectivity index (χ1n) is 11.5. The van der Waals surface area contributed by atoms with Crippen LogP contribution < -0.4 is 10.6 Å². The van der Waals surface area contributed by atoms with Gasteiger partial charge in [-0.25, -0.2) is 4.79 Å². The Labute approximate surface area is 224 Å². The van der Waals surface area contributed by atoms with Crippen LogP contribution in [0, 0.1) is 0 Å². The Hall–Kier alpha value is -3.63. The molecule has 2 amide bonds. The van der Waals surface area contributed by atoms with Gasteiger partial charge in [0.15, 0.2) is 11.0 Å². The fourth-order valence-electron chi connectivity index (χ4n) is 3.34. The number of halogens is 1. The summed E-state index contributed by atoms with van der Waals surface area (Å²) in [6.07, 6.45) is 1.44. The van der Waals surface area contributed by atoms with E-state index in [2.05, 4.69) is 27.4 Å². The summed E-state index contributed by atoms with van der Waals surface area (Å²) in [4.78, 5) is 37.3. The number of rotatable bonds is 11. The van der Waals surface area contributed by atoms with Crippen molar-refractivity contribution in [2.75, 3.05) is 11.1 Å². The quantitative estimate of drug-likeness (QED) is 0.201. The van der Waals surface area contributed by atoms with E-state index in [1.807, 2.05) is 0 Å². The number of carbonyl (C=O) groups excluding carboxylic acids is 3. The molecule has 3 rings (SSSR count). The van der Waals surface area contributed by atoms with Gasteiger partial charge < -0.3 is 19.9 Å². The Morgan fingerprint density at radius 1 is 1.11 bits per heavy atom. The molecular formula is C26H28ClN5O4S. The third kappa shape index (κ3) is 7.93. The molecule has 0 bridgehead atoms. The number of nitrogens with one attached hydrogen (secondary N) is 2. The number of aromatic nitrogens is 3. The Balaban J connectivity index is 1.64. The zero-order valence-electron chi connectivity index (χ0n) is 20.7. The van der Waals surface area contributed by atoms with E-state index in [-0.39, 0.29) is 23.7 Å². The number of allylic oxidation sites excluding steroid dienone is 1. The molecule has 9 nitrogen and oxygen atoms in total. The van der Waals surface area contributed by atoms with Gasteiger partial charge in [0, 0.05) is 22.8 Å². The molecule has 194 valence electrons. The molecule has 0 aliphatic rings. The van der Waals surface area contributed by atoms with Gasteiger partial charge in [0.25, 0.3) is 5.91 Å². The molecule has 0 saturated carbocycles. The molecule has 3 aromatic rings. The monoisotopic (exact) mass is 541 g/mol. The maximum absolute atomic E-state index is 12.6. The molecule has 11 heteroatoms. The minimum atomic E-state index is -0.463. The van der Waals surface area contributed by atoms with E-state index in [0.717, 1.165) is 0 Å². The maximum Gasteiger partial charge on any atom is 0.338 e. The summed E-state index contributed by atoms with van der Waals surface area (Å²) in [6.45, 7) is 9.51. The molecule has 1 heterocycles. The van der Waals surface area contributed by atoms with E-state index in [1.54, 1.807) is 79.9 Å². The third-order valence-electron chi connectivity index (χ3n) is 4.94. The van der Waals surface area contributed by atoms with Crippen molar-refractivity contribution in [3.05, 3.63) is 83.2 Å². The summed E-state index contributed by atoms with van der Waals surface area (Å²) in [7, 11) is 0. The van der Waals surface area contributed by atoms with Crippen LogP contribution in [-0.2, 0) is 16.1 Å². The number of amides is 2. The highest BCUT2D eigenvalue weighted by Crippen LogP contribution is 2.22. The Bertz CT molecular complexity index is 1290. The first-order chi connectivity index (χ1) is 17.7. The van der Waals surface area contributed by atoms with Gasteiger partial charge in [0.2, 0.25) is 5.91 Å². The number of benzene rings is 2. The van der Waals surface area contributed by atoms with E-state index in [9.17, 15) is 14.4 Å². The van der Waals surface area contributed by atoms with Crippen molar-refractivity contribution < 1.29 is 19.1 Å². The summed E-state index contributed by atoms with van der Waals surface area (Å²) < 4.78 is 6.99. The van der Waals surface area contributed by atoms with Gasteiger partial charge in [-0.1, -0.05) is 41.6 Å². The van der Waals surface area contributed by atoms with E-state index >= 15 is 0 Å². The molecule has 1 aromatic heterocycles. The number of esters is 1. The van der Waals surface area contributed by atoms with Crippen LogP contribution in [0.5, 0.6) is 0 Å². The molecule has 0 fully saturated rings. The summed E-state index contributed by atoms with van der Waals surface area (Å²) >= 11 is 7.19. The minimum absolute atomic E-state index is 0.0548. The van der Waals surface area contributed by atoms with Crippen molar-refractivity contribution in [2.45, 2.75) is 44.6 Å². The topological polar surface area (TPSA) is 115 Å². The molecular weight excluding hydrogens is 514 g/mol. The van der Waals surface area contributed by atoms with E-state index < -0.39 is 12.0 Å². The summed E-state index contributed by atoms with van der Waals surface area (Å²) in [5.74, 6) is -0.455. The fourth-order valence-corrected chi connectivity index (χ4v) is 4.28. The van der Waals surface area contributed by atoms with Crippen LogP contribution in [0.15, 0.2) is 66.3 Å². The zero-order chi connectivity index (χ0) is 26.9. The summed E-state index contributed by atoms with van der Waals surface area (Å²) in [6, 6.07) is 12.7. The molecule has 2 N–H and O–H groups in total. The first-order valence-corrected chi connectivity index (χ1v) is 12.9. The van der Waals surface area contributed by atoms with E-state index in [1.165, 1.54) is 11.8 Å². The molecule has 2 aromatic carbocycles. The second-order valence-electron chi connectivity index (χ2n) is 8.32. The van der Waals surface area contributed by atoms with Crippen molar-refractivity contribution in [1.82, 2.24) is 20.1 Å². The smallest absolute Gasteiger partial charge is 0.338 e. The summed E-state index contributed by atoms with van der Waals surface area (Å²) in [5, 5.41) is 15.1. The lowest BCUT2D eigenvalue weighted by molar-refractivity contribution is -0.113. The Morgan fingerprint density at radius 2 is 1.84 bits per heavy atom. The predicted octanol–water partition coefficient (Wildman–Crippen LogP) is 4.90. The molecule has 0 radical (unpaired) electrons. The molecule has 0 aliphatic heterocycles. The number of nitrogens with zero attached hydrogens (tertiary/aromatic N) is 3. The summed E-state index contributed by atoms with van der Waals surface area (Å²) in [5.41, 5.74) is 1.26. The van der Waals surface area contributed by atoms with Gasteiger partial charge in [-0.2, -0.15) is 0 Å². The number of thioether (sulfide) groups is 1. The molecule has 0 saturated heterocycles. The van der Waals surface area contributed by atoms with Crippen molar-refractivity contribution in [2.24, 2.45) is 0 Å². The van der Waals surface area contributed by atoms with Crippen LogP contribution in [0.4, 0.5) is 5.69 Å². The van der Waals surface area contributed by atoms with Gasteiger partial charge in [-0.05, 0) is 57.2 Å². The van der Waals surface area contributed by atoms with Gasteiger partial charge in [0.05, 0.1) is 23.5 Å². The highest BCUT2D eigenvalue weighted by Gasteiger charge is 2.21. The zero-order valence-corrected chi connectivity index (χ0v) is 22.3. The van der Waals surface area contributed by atoms with Crippen LogP contribution in [0.1, 0.15) is 53.4 Å². The lowest BCUT2D eigenvalue weighted by atomic mass is 10.2. The van der Waals surface area contributed by atoms with E-state index in [4.69, 9.17) is 16.3 Å². The van der Waals surface area contributed by atoms with Crippen LogP contribution in [0.2, 0.25) is 5.02 Å². The first kappa shape index (κ1) is 27.9. The Morgan fingerprint density at radius 3 is 2.54 bits per heavy atom.